The lowest BCUT2D eigenvalue weighted by molar-refractivity contribution is -0.137. The smallest absolute Gasteiger partial charge is 0.343 e. The second-order valence-corrected chi connectivity index (χ2v) is 9.44. The number of ketones is 1. The zero-order chi connectivity index (χ0) is 25.6. The third kappa shape index (κ3) is 4.23. The van der Waals surface area contributed by atoms with E-state index in [1.165, 1.54) is 18.2 Å². The topological polar surface area (TPSA) is 51.5 Å². The molecular weight excluding hydrogens is 436 g/mol. The molecule has 35 heavy (non-hydrogen) atoms. The van der Waals surface area contributed by atoms with Crippen LogP contribution < -0.4 is 4.90 Å². The first-order valence-electron chi connectivity index (χ1n) is 11.7. The van der Waals surface area contributed by atoms with Crippen molar-refractivity contribution < 1.29 is 14.3 Å². The maximum absolute atomic E-state index is 13.6. The summed E-state index contributed by atoms with van der Waals surface area (Å²) < 4.78 is 7.17. The van der Waals surface area contributed by atoms with Gasteiger partial charge in [-0.15, -0.1) is 0 Å². The Balaban J connectivity index is 1.91. The summed E-state index contributed by atoms with van der Waals surface area (Å²) in [7, 11) is 1.30. The number of carbonyl (C=O) groups excluding carboxylic acids is 2. The quantitative estimate of drug-likeness (QED) is 0.260. The van der Waals surface area contributed by atoms with E-state index in [2.05, 4.69) is 62.6 Å². The van der Waals surface area contributed by atoms with Crippen molar-refractivity contribution in [3.8, 4) is 5.69 Å². The lowest BCUT2D eigenvalue weighted by Crippen LogP contribution is -2.18. The third-order valence-corrected chi connectivity index (χ3v) is 6.61. The first-order valence-corrected chi connectivity index (χ1v) is 11.7. The molecular formula is C30H32N2O3. The van der Waals surface area contributed by atoms with Crippen molar-refractivity contribution in [3.63, 3.8) is 0 Å². The van der Waals surface area contributed by atoms with Gasteiger partial charge in [0.2, 0.25) is 5.78 Å². The number of benzene rings is 2. The molecule has 0 radical (unpaired) electrons. The fourth-order valence-electron chi connectivity index (χ4n) is 5.08. The van der Waals surface area contributed by atoms with Crippen molar-refractivity contribution in [3.05, 3.63) is 98.6 Å². The van der Waals surface area contributed by atoms with Crippen molar-refractivity contribution in [2.75, 3.05) is 12.0 Å². The molecule has 0 fully saturated rings. The maximum Gasteiger partial charge on any atom is 0.343 e. The molecule has 0 spiro atoms. The number of carbonyl (C=O) groups is 2. The van der Waals surface area contributed by atoms with E-state index in [1.807, 2.05) is 37.0 Å². The summed E-state index contributed by atoms with van der Waals surface area (Å²) >= 11 is 0. The van der Waals surface area contributed by atoms with Crippen LogP contribution in [0.2, 0.25) is 0 Å². The Labute approximate surface area is 207 Å². The minimum absolute atomic E-state index is 0.0705. The SMILES string of the molecule is COC(=O)C1=C(C)N(c2cc(C)cc(C)c2)/C(=C\c2cc(C)n(-c3ccc(C)cc3C)c2C)C1=O. The molecule has 2 aromatic carbocycles. The lowest BCUT2D eigenvalue weighted by atomic mass is 10.1. The highest BCUT2D eigenvalue weighted by molar-refractivity contribution is 6.30. The zero-order valence-corrected chi connectivity index (χ0v) is 21.7. The van der Waals surface area contributed by atoms with Gasteiger partial charge >= 0.3 is 5.97 Å². The third-order valence-electron chi connectivity index (χ3n) is 6.61. The molecule has 5 heteroatoms. The Kier molecular flexibility index (Phi) is 6.28. The molecule has 0 saturated heterocycles. The van der Waals surface area contributed by atoms with E-state index in [1.54, 1.807) is 6.92 Å². The van der Waals surface area contributed by atoms with Gasteiger partial charge in [-0.2, -0.15) is 0 Å². The van der Waals surface area contributed by atoms with Crippen LogP contribution in [0.15, 0.2) is 59.4 Å². The maximum atomic E-state index is 13.6. The number of anilines is 1. The highest BCUT2D eigenvalue weighted by Gasteiger charge is 2.38. The van der Waals surface area contributed by atoms with E-state index < -0.39 is 5.97 Å². The summed E-state index contributed by atoms with van der Waals surface area (Å²) in [6, 6.07) is 14.6. The molecule has 0 aliphatic carbocycles. The highest BCUT2D eigenvalue weighted by atomic mass is 16.5. The molecule has 2 heterocycles. The Hall–Kier alpha value is -3.86. The molecule has 4 rings (SSSR count). The second-order valence-electron chi connectivity index (χ2n) is 9.44. The fourth-order valence-corrected chi connectivity index (χ4v) is 5.08. The van der Waals surface area contributed by atoms with Crippen LogP contribution in [0.25, 0.3) is 11.8 Å². The summed E-state index contributed by atoms with van der Waals surface area (Å²) in [5, 5.41) is 0. The predicted octanol–water partition coefficient (Wildman–Crippen LogP) is 6.21. The fraction of sp³-hybridized carbons (Fsp3) is 0.267. The molecule has 0 N–H and O–H groups in total. The largest absolute Gasteiger partial charge is 0.465 e. The molecule has 1 aliphatic rings. The number of ether oxygens (including phenoxy) is 1. The average molecular weight is 469 g/mol. The van der Waals surface area contributed by atoms with Gasteiger partial charge in [-0.25, -0.2) is 4.79 Å². The van der Waals surface area contributed by atoms with Crippen LogP contribution >= 0.6 is 0 Å². The van der Waals surface area contributed by atoms with Gasteiger partial charge in [-0.3, -0.25) is 4.79 Å². The lowest BCUT2D eigenvalue weighted by Gasteiger charge is -2.22. The van der Waals surface area contributed by atoms with Gasteiger partial charge in [-0.05, 0) is 101 Å². The van der Waals surface area contributed by atoms with E-state index in [0.29, 0.717) is 11.4 Å². The Morgan fingerprint density at radius 3 is 2.11 bits per heavy atom. The molecule has 1 aromatic heterocycles. The Morgan fingerprint density at radius 2 is 1.51 bits per heavy atom. The first-order chi connectivity index (χ1) is 16.5. The van der Waals surface area contributed by atoms with Crippen molar-refractivity contribution in [1.82, 2.24) is 4.57 Å². The second kappa shape index (κ2) is 9.06. The molecule has 0 amide bonds. The van der Waals surface area contributed by atoms with Crippen LogP contribution in [0, 0.1) is 41.5 Å². The number of Topliss-reactive ketones (excluding diaryl/α,β-unsaturated/α-hetero) is 1. The van der Waals surface area contributed by atoms with E-state index in [4.69, 9.17) is 4.74 Å². The standard InChI is InChI=1S/C30H32N2O3/c1-17-9-10-26(20(4)12-17)31-21(5)15-24(22(31)6)16-27-29(33)28(30(34)35-8)23(7)32(27)25-13-18(2)11-19(3)14-25/h9-16H,1-8H3/b27-16-. The normalized spacial score (nSPS) is 14.9. The van der Waals surface area contributed by atoms with Crippen LogP contribution in [-0.4, -0.2) is 23.4 Å². The van der Waals surface area contributed by atoms with Crippen LogP contribution in [0.3, 0.4) is 0 Å². The van der Waals surface area contributed by atoms with E-state index >= 15 is 0 Å². The molecule has 180 valence electrons. The minimum atomic E-state index is -0.619. The number of nitrogens with zero attached hydrogens (tertiary/aromatic N) is 2. The van der Waals surface area contributed by atoms with E-state index in [0.717, 1.165) is 39.5 Å². The van der Waals surface area contributed by atoms with Crippen molar-refractivity contribution in [2.45, 2.75) is 48.5 Å². The summed E-state index contributed by atoms with van der Waals surface area (Å²) in [4.78, 5) is 28.0. The molecule has 5 nitrogen and oxygen atoms in total. The van der Waals surface area contributed by atoms with Crippen molar-refractivity contribution in [1.29, 1.82) is 0 Å². The van der Waals surface area contributed by atoms with E-state index in [9.17, 15) is 9.59 Å². The number of esters is 1. The van der Waals surface area contributed by atoms with Gasteiger partial charge in [0.15, 0.2) is 0 Å². The molecule has 0 atom stereocenters. The Bertz CT molecular complexity index is 1420. The van der Waals surface area contributed by atoms with Gasteiger partial charge in [-0.1, -0.05) is 23.8 Å². The van der Waals surface area contributed by atoms with Gasteiger partial charge in [0, 0.05) is 28.5 Å². The number of aryl methyl sites for hydroxylation is 5. The average Bonchev–Trinajstić information content (AvgIpc) is 3.19. The summed E-state index contributed by atoms with van der Waals surface area (Å²) in [6.07, 6.45) is 1.89. The number of hydrogen-bond acceptors (Lipinski definition) is 4. The highest BCUT2D eigenvalue weighted by Crippen LogP contribution is 2.37. The number of allylic oxidation sites excluding steroid dienone is 2. The molecule has 0 bridgehead atoms. The van der Waals surface area contributed by atoms with E-state index in [-0.39, 0.29) is 11.4 Å². The summed E-state index contributed by atoms with van der Waals surface area (Å²) in [5.74, 6) is -0.948. The van der Waals surface area contributed by atoms with Gasteiger partial charge in [0.1, 0.15) is 5.57 Å². The van der Waals surface area contributed by atoms with Crippen LogP contribution in [0.5, 0.6) is 0 Å². The molecule has 0 saturated carbocycles. The van der Waals surface area contributed by atoms with Crippen LogP contribution in [0.1, 0.15) is 46.1 Å². The molecule has 0 unspecified atom stereocenters. The predicted molar refractivity (Wildman–Crippen MR) is 141 cm³/mol. The molecule has 1 aliphatic heterocycles. The molecule has 3 aromatic rings. The minimum Gasteiger partial charge on any atom is -0.465 e. The van der Waals surface area contributed by atoms with Gasteiger partial charge < -0.3 is 14.2 Å². The number of rotatable bonds is 4. The number of aromatic nitrogens is 1. The monoisotopic (exact) mass is 468 g/mol. The summed E-state index contributed by atoms with van der Waals surface area (Å²) in [5.41, 5.74) is 10.6. The first kappa shape index (κ1) is 24.3. The van der Waals surface area contributed by atoms with Crippen molar-refractivity contribution >= 4 is 23.5 Å². The Morgan fingerprint density at radius 1 is 0.857 bits per heavy atom. The van der Waals surface area contributed by atoms with Gasteiger partial charge in [0.25, 0.3) is 0 Å². The van der Waals surface area contributed by atoms with Crippen LogP contribution in [0.4, 0.5) is 5.69 Å². The number of methoxy groups -OCH3 is 1. The number of hydrogen-bond donors (Lipinski definition) is 0. The zero-order valence-electron chi connectivity index (χ0n) is 21.7. The van der Waals surface area contributed by atoms with Crippen molar-refractivity contribution in [2.24, 2.45) is 0 Å². The summed E-state index contributed by atoms with van der Waals surface area (Å²) in [6.45, 7) is 14.2. The van der Waals surface area contributed by atoms with Gasteiger partial charge in [0.05, 0.1) is 12.8 Å². The van der Waals surface area contributed by atoms with Crippen LogP contribution in [-0.2, 0) is 14.3 Å².